The average molecular weight is 323 g/mol. The first-order valence-corrected chi connectivity index (χ1v) is 7.80. The summed E-state index contributed by atoms with van der Waals surface area (Å²) < 4.78 is 7.21. The number of hydrogen-bond donors (Lipinski definition) is 0. The molecule has 0 aliphatic carbocycles. The van der Waals surface area contributed by atoms with Gasteiger partial charge in [0.25, 0.3) is 0 Å². The molecule has 0 aliphatic rings. The van der Waals surface area contributed by atoms with Crippen molar-refractivity contribution in [3.8, 4) is 5.88 Å². The summed E-state index contributed by atoms with van der Waals surface area (Å²) in [6.45, 7) is 4.56. The molecule has 0 saturated carbocycles. The highest BCUT2D eigenvalue weighted by Gasteiger charge is 2.17. The number of rotatable bonds is 4. The van der Waals surface area contributed by atoms with Crippen LogP contribution < -0.4 is 4.74 Å². The fourth-order valence-electron chi connectivity index (χ4n) is 2.18. The van der Waals surface area contributed by atoms with Crippen LogP contribution in [-0.4, -0.2) is 26.6 Å². The lowest BCUT2D eigenvalue weighted by Gasteiger charge is -2.08. The van der Waals surface area contributed by atoms with Gasteiger partial charge in [-0.25, -0.2) is 9.97 Å². The predicted molar refractivity (Wildman–Crippen MR) is 84.3 cm³/mol. The lowest BCUT2D eigenvalue weighted by molar-refractivity contribution is 0.399. The van der Waals surface area contributed by atoms with Crippen LogP contribution in [0.3, 0.4) is 0 Å². The SMILES string of the molecule is COc1ccc2nc(C(C)Cl)n(Cc3ncc(C)s3)c2n1. The predicted octanol–water partition coefficient (Wildman–Crippen LogP) is 3.55. The summed E-state index contributed by atoms with van der Waals surface area (Å²) in [4.78, 5) is 14.7. The molecule has 0 bridgehead atoms. The normalized spacial score (nSPS) is 12.8. The van der Waals surface area contributed by atoms with Crippen LogP contribution in [0.25, 0.3) is 11.2 Å². The van der Waals surface area contributed by atoms with Crippen molar-refractivity contribution < 1.29 is 4.74 Å². The first-order chi connectivity index (χ1) is 10.1. The number of aromatic nitrogens is 4. The van der Waals surface area contributed by atoms with E-state index in [1.807, 2.05) is 30.7 Å². The Morgan fingerprint density at radius 2 is 2.19 bits per heavy atom. The number of imidazole rings is 1. The summed E-state index contributed by atoms with van der Waals surface area (Å²) in [5.74, 6) is 1.35. The van der Waals surface area contributed by atoms with E-state index in [1.165, 1.54) is 4.88 Å². The van der Waals surface area contributed by atoms with Gasteiger partial charge in [0.05, 0.1) is 19.0 Å². The van der Waals surface area contributed by atoms with Gasteiger partial charge in [0.2, 0.25) is 5.88 Å². The number of fused-ring (bicyclic) bond motifs is 1. The number of aryl methyl sites for hydroxylation is 1. The highest BCUT2D eigenvalue weighted by molar-refractivity contribution is 7.11. The number of methoxy groups -OCH3 is 1. The van der Waals surface area contributed by atoms with Crippen molar-refractivity contribution in [1.82, 2.24) is 19.5 Å². The monoisotopic (exact) mass is 322 g/mol. The number of halogens is 1. The number of nitrogens with zero attached hydrogens (tertiary/aromatic N) is 4. The van der Waals surface area contributed by atoms with Gasteiger partial charge in [0, 0.05) is 17.1 Å². The summed E-state index contributed by atoms with van der Waals surface area (Å²) >= 11 is 7.93. The molecule has 1 unspecified atom stereocenters. The zero-order valence-electron chi connectivity index (χ0n) is 12.0. The van der Waals surface area contributed by atoms with E-state index >= 15 is 0 Å². The minimum atomic E-state index is -0.203. The maximum absolute atomic E-state index is 6.27. The third kappa shape index (κ3) is 2.73. The van der Waals surface area contributed by atoms with Crippen molar-refractivity contribution in [3.05, 3.63) is 34.0 Å². The van der Waals surface area contributed by atoms with E-state index in [1.54, 1.807) is 24.5 Å². The fraction of sp³-hybridized carbons (Fsp3) is 0.357. The second-order valence-electron chi connectivity index (χ2n) is 4.73. The highest BCUT2D eigenvalue weighted by atomic mass is 35.5. The molecule has 3 heterocycles. The molecule has 3 aromatic heterocycles. The van der Waals surface area contributed by atoms with Crippen molar-refractivity contribution >= 4 is 34.1 Å². The lowest BCUT2D eigenvalue weighted by atomic mass is 10.4. The average Bonchev–Trinajstić information content (AvgIpc) is 3.03. The molecule has 0 radical (unpaired) electrons. The zero-order valence-corrected chi connectivity index (χ0v) is 13.6. The van der Waals surface area contributed by atoms with Gasteiger partial charge in [0.1, 0.15) is 16.3 Å². The van der Waals surface area contributed by atoms with Gasteiger partial charge in [-0.05, 0) is 19.9 Å². The molecule has 0 spiro atoms. The maximum Gasteiger partial charge on any atom is 0.215 e. The highest BCUT2D eigenvalue weighted by Crippen LogP contribution is 2.26. The second kappa shape index (κ2) is 5.61. The topological polar surface area (TPSA) is 52.8 Å². The van der Waals surface area contributed by atoms with E-state index in [2.05, 4.69) is 15.0 Å². The maximum atomic E-state index is 6.27. The van der Waals surface area contributed by atoms with Gasteiger partial charge in [-0.3, -0.25) is 0 Å². The molecular formula is C14H15ClN4OS. The van der Waals surface area contributed by atoms with Crippen LogP contribution in [-0.2, 0) is 6.54 Å². The van der Waals surface area contributed by atoms with Crippen LogP contribution in [0.4, 0.5) is 0 Å². The second-order valence-corrected chi connectivity index (χ2v) is 6.71. The zero-order chi connectivity index (χ0) is 15.0. The minimum Gasteiger partial charge on any atom is -0.481 e. The van der Waals surface area contributed by atoms with Crippen molar-refractivity contribution in [2.75, 3.05) is 7.11 Å². The summed E-state index contributed by atoms with van der Waals surface area (Å²) in [7, 11) is 1.60. The number of alkyl halides is 1. The van der Waals surface area contributed by atoms with E-state index in [9.17, 15) is 0 Å². The van der Waals surface area contributed by atoms with Gasteiger partial charge in [-0.2, -0.15) is 4.98 Å². The van der Waals surface area contributed by atoms with E-state index in [0.29, 0.717) is 12.4 Å². The molecule has 3 rings (SSSR count). The van der Waals surface area contributed by atoms with E-state index in [4.69, 9.17) is 16.3 Å². The van der Waals surface area contributed by atoms with E-state index in [-0.39, 0.29) is 5.38 Å². The van der Waals surface area contributed by atoms with Crippen LogP contribution in [0.15, 0.2) is 18.3 Å². The van der Waals surface area contributed by atoms with E-state index < -0.39 is 0 Å². The summed E-state index contributed by atoms with van der Waals surface area (Å²) in [6.07, 6.45) is 1.87. The number of thiazole rings is 1. The number of pyridine rings is 1. The van der Waals surface area contributed by atoms with Crippen molar-refractivity contribution in [3.63, 3.8) is 0 Å². The molecule has 0 saturated heterocycles. The Morgan fingerprint density at radius 1 is 1.38 bits per heavy atom. The van der Waals surface area contributed by atoms with Crippen LogP contribution in [0, 0.1) is 6.92 Å². The molecular weight excluding hydrogens is 308 g/mol. The largest absolute Gasteiger partial charge is 0.481 e. The standard InChI is InChI=1S/C14H15ClN4OS/c1-8-6-16-12(21-8)7-19-13(9(2)15)17-10-4-5-11(20-3)18-14(10)19/h4-6,9H,7H2,1-3H3. The van der Waals surface area contributed by atoms with Gasteiger partial charge in [0.15, 0.2) is 5.65 Å². The third-order valence-electron chi connectivity index (χ3n) is 3.12. The van der Waals surface area contributed by atoms with Gasteiger partial charge >= 0.3 is 0 Å². The molecule has 0 aliphatic heterocycles. The number of ether oxygens (including phenoxy) is 1. The fourth-order valence-corrected chi connectivity index (χ4v) is 3.13. The van der Waals surface area contributed by atoms with Crippen LogP contribution in [0.1, 0.15) is 28.0 Å². The van der Waals surface area contributed by atoms with Crippen LogP contribution in [0.2, 0.25) is 0 Å². The summed E-state index contributed by atoms with van der Waals surface area (Å²) in [5, 5.41) is 0.807. The summed E-state index contributed by atoms with van der Waals surface area (Å²) in [6, 6.07) is 3.70. The Hall–Kier alpha value is -1.66. The van der Waals surface area contributed by atoms with Crippen LogP contribution in [0.5, 0.6) is 5.88 Å². The van der Waals surface area contributed by atoms with Crippen molar-refractivity contribution in [1.29, 1.82) is 0 Å². The Labute approximate surface area is 131 Å². The quantitative estimate of drug-likeness (QED) is 0.689. The van der Waals surface area contributed by atoms with Crippen LogP contribution >= 0.6 is 22.9 Å². The molecule has 1 atom stereocenters. The van der Waals surface area contributed by atoms with Gasteiger partial charge in [-0.1, -0.05) is 0 Å². The van der Waals surface area contributed by atoms with Gasteiger partial charge < -0.3 is 9.30 Å². The Bertz CT molecular complexity index is 780. The molecule has 5 nitrogen and oxygen atoms in total. The molecule has 0 fully saturated rings. The first kappa shape index (κ1) is 14.3. The smallest absolute Gasteiger partial charge is 0.215 e. The molecule has 0 amide bonds. The molecule has 0 aromatic carbocycles. The Morgan fingerprint density at radius 3 is 2.81 bits per heavy atom. The molecule has 3 aromatic rings. The van der Waals surface area contributed by atoms with Gasteiger partial charge in [-0.15, -0.1) is 22.9 Å². The lowest BCUT2D eigenvalue weighted by Crippen LogP contribution is -2.06. The molecule has 7 heteroatoms. The Kier molecular flexibility index (Phi) is 3.82. The molecule has 21 heavy (non-hydrogen) atoms. The summed E-state index contributed by atoms with van der Waals surface area (Å²) in [5.41, 5.74) is 1.58. The Balaban J connectivity index is 2.14. The molecule has 0 N–H and O–H groups in total. The minimum absolute atomic E-state index is 0.203. The van der Waals surface area contributed by atoms with Crippen molar-refractivity contribution in [2.45, 2.75) is 25.8 Å². The third-order valence-corrected chi connectivity index (χ3v) is 4.22. The van der Waals surface area contributed by atoms with E-state index in [0.717, 1.165) is 22.0 Å². The first-order valence-electron chi connectivity index (χ1n) is 6.55. The van der Waals surface area contributed by atoms with Crippen molar-refractivity contribution in [2.24, 2.45) is 0 Å². The molecule has 110 valence electrons. The number of hydrogen-bond acceptors (Lipinski definition) is 5.